The number of aryl methyl sites for hydroxylation is 2. The van der Waals surface area contributed by atoms with Gasteiger partial charge in [0.15, 0.2) is 5.82 Å². The third kappa shape index (κ3) is 5.46. The van der Waals surface area contributed by atoms with Gasteiger partial charge in [-0.05, 0) is 60.0 Å². The van der Waals surface area contributed by atoms with Crippen LogP contribution in [-0.4, -0.2) is 51.3 Å². The number of benzene rings is 1. The number of aromatic nitrogens is 4. The van der Waals surface area contributed by atoms with Gasteiger partial charge in [0, 0.05) is 31.9 Å². The van der Waals surface area contributed by atoms with Crippen LogP contribution in [0.4, 0.5) is 5.69 Å². The maximum Gasteiger partial charge on any atom is 0.168 e. The van der Waals surface area contributed by atoms with Gasteiger partial charge in [-0.3, -0.25) is 4.90 Å². The van der Waals surface area contributed by atoms with Crippen LogP contribution in [0, 0.1) is 13.8 Å². The first kappa shape index (κ1) is 23.3. The molecule has 3 aromatic rings. The maximum atomic E-state index is 5.52. The molecular weight excluding hydrogens is 412 g/mol. The van der Waals surface area contributed by atoms with E-state index in [1.54, 1.807) is 6.26 Å². The number of anilines is 1. The van der Waals surface area contributed by atoms with E-state index >= 15 is 0 Å². The second-order valence-corrected chi connectivity index (χ2v) is 8.25. The number of unbranched alkanes of at least 4 members (excludes halogenated alkanes) is 1. The summed E-state index contributed by atoms with van der Waals surface area (Å²) in [5, 5.41) is 12.7. The molecule has 0 radical (unpaired) electrons. The predicted molar refractivity (Wildman–Crippen MR) is 125 cm³/mol. The SMILES string of the molecule is CCCCC(c1nnnn1Cc1ccco1)N1CCN(c2cc(C)ccc2C)CC1.Cl. The van der Waals surface area contributed by atoms with E-state index in [0.717, 1.165) is 50.6 Å². The first-order chi connectivity index (χ1) is 14.7. The quantitative estimate of drug-likeness (QED) is 0.513. The first-order valence-electron chi connectivity index (χ1n) is 11.0. The van der Waals surface area contributed by atoms with Crippen LogP contribution in [0.2, 0.25) is 0 Å². The molecule has 1 aliphatic rings. The standard InChI is InChI=1S/C23H32N6O.ClH/c1-4-5-8-21(23-24-25-26-29(23)17-20-7-6-15-30-20)27-11-13-28(14-12-27)22-16-18(2)9-10-19(22)3;/h6-7,9-10,15-16,21H,4-5,8,11-14,17H2,1-3H3;1H. The van der Waals surface area contributed by atoms with E-state index in [-0.39, 0.29) is 18.4 Å². The topological polar surface area (TPSA) is 63.2 Å². The van der Waals surface area contributed by atoms with Crippen molar-refractivity contribution in [2.75, 3.05) is 31.1 Å². The van der Waals surface area contributed by atoms with Crippen molar-refractivity contribution >= 4 is 18.1 Å². The van der Waals surface area contributed by atoms with Crippen molar-refractivity contribution < 1.29 is 4.42 Å². The van der Waals surface area contributed by atoms with Crippen molar-refractivity contribution in [3.63, 3.8) is 0 Å². The Morgan fingerprint density at radius 1 is 1.10 bits per heavy atom. The molecular formula is C23H33ClN6O. The summed E-state index contributed by atoms with van der Waals surface area (Å²) in [5.74, 6) is 1.82. The molecule has 0 bridgehead atoms. The Morgan fingerprint density at radius 3 is 2.61 bits per heavy atom. The largest absolute Gasteiger partial charge is 0.467 e. The lowest BCUT2D eigenvalue weighted by molar-refractivity contribution is 0.162. The highest BCUT2D eigenvalue weighted by atomic mass is 35.5. The summed E-state index contributed by atoms with van der Waals surface area (Å²) < 4.78 is 7.41. The van der Waals surface area contributed by atoms with Crippen LogP contribution in [-0.2, 0) is 6.54 Å². The van der Waals surface area contributed by atoms with Gasteiger partial charge in [-0.1, -0.05) is 31.9 Å². The average Bonchev–Trinajstić information content (AvgIpc) is 3.44. The molecule has 1 aromatic carbocycles. The minimum atomic E-state index is 0. The molecule has 2 aromatic heterocycles. The van der Waals surface area contributed by atoms with Crippen molar-refractivity contribution in [1.29, 1.82) is 0 Å². The maximum absolute atomic E-state index is 5.52. The first-order valence-corrected chi connectivity index (χ1v) is 11.0. The molecule has 3 heterocycles. The zero-order valence-electron chi connectivity index (χ0n) is 18.7. The zero-order valence-corrected chi connectivity index (χ0v) is 19.5. The fourth-order valence-electron chi connectivity index (χ4n) is 4.32. The molecule has 31 heavy (non-hydrogen) atoms. The van der Waals surface area contributed by atoms with E-state index in [4.69, 9.17) is 4.42 Å². The molecule has 4 rings (SSSR count). The highest BCUT2D eigenvalue weighted by molar-refractivity contribution is 5.85. The van der Waals surface area contributed by atoms with E-state index in [2.05, 4.69) is 64.3 Å². The van der Waals surface area contributed by atoms with Crippen molar-refractivity contribution in [2.24, 2.45) is 0 Å². The molecule has 7 nitrogen and oxygen atoms in total. The monoisotopic (exact) mass is 444 g/mol. The van der Waals surface area contributed by atoms with Gasteiger partial charge in [-0.2, -0.15) is 0 Å². The number of nitrogens with zero attached hydrogens (tertiary/aromatic N) is 6. The van der Waals surface area contributed by atoms with Crippen molar-refractivity contribution in [2.45, 2.75) is 52.6 Å². The fraction of sp³-hybridized carbons (Fsp3) is 0.522. The molecule has 0 N–H and O–H groups in total. The summed E-state index contributed by atoms with van der Waals surface area (Å²) in [7, 11) is 0. The Labute approximate surface area is 190 Å². The minimum absolute atomic E-state index is 0. The predicted octanol–water partition coefficient (Wildman–Crippen LogP) is 4.41. The highest BCUT2D eigenvalue weighted by Gasteiger charge is 2.29. The summed E-state index contributed by atoms with van der Waals surface area (Å²) in [4.78, 5) is 5.07. The van der Waals surface area contributed by atoms with Crippen molar-refractivity contribution in [3.8, 4) is 0 Å². The van der Waals surface area contributed by atoms with E-state index in [0.29, 0.717) is 6.54 Å². The fourth-order valence-corrected chi connectivity index (χ4v) is 4.32. The molecule has 8 heteroatoms. The minimum Gasteiger partial charge on any atom is -0.467 e. The number of hydrogen-bond acceptors (Lipinski definition) is 6. The van der Waals surface area contributed by atoms with Gasteiger partial charge in [0.2, 0.25) is 0 Å². The van der Waals surface area contributed by atoms with Crippen molar-refractivity contribution in [1.82, 2.24) is 25.1 Å². The molecule has 0 amide bonds. The molecule has 0 spiro atoms. The third-order valence-corrected chi connectivity index (χ3v) is 6.03. The number of hydrogen-bond donors (Lipinski definition) is 0. The molecule has 0 aliphatic carbocycles. The summed E-state index contributed by atoms with van der Waals surface area (Å²) >= 11 is 0. The molecule has 168 valence electrons. The second kappa shape index (κ2) is 10.8. The smallest absolute Gasteiger partial charge is 0.168 e. The van der Waals surface area contributed by atoms with Gasteiger partial charge in [0.05, 0.1) is 12.3 Å². The Hall–Kier alpha value is -2.38. The van der Waals surface area contributed by atoms with Gasteiger partial charge in [0.25, 0.3) is 0 Å². The van der Waals surface area contributed by atoms with Gasteiger partial charge in [-0.15, -0.1) is 17.5 Å². The van der Waals surface area contributed by atoms with Crippen LogP contribution in [0.15, 0.2) is 41.0 Å². The molecule has 1 unspecified atom stereocenters. The lowest BCUT2D eigenvalue weighted by Gasteiger charge is -2.40. The van der Waals surface area contributed by atoms with Crippen LogP contribution in [0.3, 0.4) is 0 Å². The molecule has 1 fully saturated rings. The second-order valence-electron chi connectivity index (χ2n) is 8.25. The molecule has 1 atom stereocenters. The van der Waals surface area contributed by atoms with E-state index in [1.165, 1.54) is 23.2 Å². The Balaban J connectivity index is 0.00000272. The highest BCUT2D eigenvalue weighted by Crippen LogP contribution is 2.29. The summed E-state index contributed by atoms with van der Waals surface area (Å²) in [6.45, 7) is 11.2. The zero-order chi connectivity index (χ0) is 20.9. The normalized spacial score (nSPS) is 15.6. The van der Waals surface area contributed by atoms with Crippen molar-refractivity contribution in [3.05, 3.63) is 59.3 Å². The van der Waals surface area contributed by atoms with Crippen LogP contribution in [0.5, 0.6) is 0 Å². The van der Waals surface area contributed by atoms with E-state index < -0.39 is 0 Å². The van der Waals surface area contributed by atoms with E-state index in [1.807, 2.05) is 16.8 Å². The number of furan rings is 1. The van der Waals surface area contributed by atoms with Crippen LogP contribution in [0.25, 0.3) is 0 Å². The lowest BCUT2D eigenvalue weighted by atomic mass is 10.1. The Morgan fingerprint density at radius 2 is 1.90 bits per heavy atom. The average molecular weight is 445 g/mol. The van der Waals surface area contributed by atoms with Crippen LogP contribution in [0.1, 0.15) is 54.9 Å². The summed E-state index contributed by atoms with van der Waals surface area (Å²) in [6.07, 6.45) is 5.09. The van der Waals surface area contributed by atoms with Gasteiger partial charge < -0.3 is 9.32 Å². The lowest BCUT2D eigenvalue weighted by Crippen LogP contribution is -2.48. The molecule has 0 saturated carbocycles. The number of tetrazole rings is 1. The molecule has 1 aliphatic heterocycles. The van der Waals surface area contributed by atoms with Crippen LogP contribution >= 0.6 is 12.4 Å². The van der Waals surface area contributed by atoms with Crippen LogP contribution < -0.4 is 4.90 Å². The Kier molecular flexibility index (Phi) is 8.09. The van der Waals surface area contributed by atoms with Gasteiger partial charge in [0.1, 0.15) is 12.3 Å². The third-order valence-electron chi connectivity index (χ3n) is 6.03. The summed E-state index contributed by atoms with van der Waals surface area (Å²) in [6, 6.07) is 10.8. The Bertz CT molecular complexity index is 933. The number of piperazine rings is 1. The summed E-state index contributed by atoms with van der Waals surface area (Å²) in [5.41, 5.74) is 4.03. The van der Waals surface area contributed by atoms with E-state index in [9.17, 15) is 0 Å². The van der Waals surface area contributed by atoms with Gasteiger partial charge >= 0.3 is 0 Å². The number of rotatable bonds is 8. The molecule has 1 saturated heterocycles. The van der Waals surface area contributed by atoms with Gasteiger partial charge in [-0.25, -0.2) is 4.68 Å². The number of halogens is 1.